The van der Waals surface area contributed by atoms with Gasteiger partial charge in [0.25, 0.3) is 0 Å². The summed E-state index contributed by atoms with van der Waals surface area (Å²) in [6.07, 6.45) is 3.00. The highest BCUT2D eigenvalue weighted by atomic mass is 79.9. The number of carbonyl (C=O) groups excluding carboxylic acids is 1. The van der Waals surface area contributed by atoms with Gasteiger partial charge >= 0.3 is 0 Å². The molecule has 2 aromatic carbocycles. The molecular weight excluding hydrogens is 384 g/mol. The third-order valence-corrected chi connectivity index (χ3v) is 4.17. The lowest BCUT2D eigenvalue weighted by atomic mass is 10.1. The van der Waals surface area contributed by atoms with Crippen molar-refractivity contribution in [1.29, 1.82) is 0 Å². The standard InChI is InChI=1S/C17H14BrClO4/c1-22-13-9-14(23-2)16(18)17(21)15(13)12(20)8-5-10-3-6-11(19)7-4-10/h3-9,21H,1-2H3/b8-5+. The number of benzene rings is 2. The Kier molecular flexibility index (Phi) is 5.69. The molecule has 2 aromatic rings. The van der Waals surface area contributed by atoms with Gasteiger partial charge in [0.2, 0.25) is 0 Å². The summed E-state index contributed by atoms with van der Waals surface area (Å²) in [7, 11) is 2.88. The van der Waals surface area contributed by atoms with Gasteiger partial charge in [-0.15, -0.1) is 0 Å². The zero-order valence-corrected chi connectivity index (χ0v) is 14.8. The van der Waals surface area contributed by atoms with E-state index in [-0.39, 0.29) is 17.1 Å². The number of allylic oxidation sites excluding steroid dienone is 1. The maximum atomic E-state index is 12.4. The Hall–Kier alpha value is -1.98. The molecule has 4 nitrogen and oxygen atoms in total. The topological polar surface area (TPSA) is 55.8 Å². The van der Waals surface area contributed by atoms with Crippen LogP contribution in [0.1, 0.15) is 15.9 Å². The second kappa shape index (κ2) is 7.53. The van der Waals surface area contributed by atoms with Gasteiger partial charge in [0, 0.05) is 11.1 Å². The molecule has 23 heavy (non-hydrogen) atoms. The number of hydrogen-bond donors (Lipinski definition) is 1. The third-order valence-electron chi connectivity index (χ3n) is 3.15. The molecule has 0 atom stereocenters. The summed E-state index contributed by atoms with van der Waals surface area (Å²) >= 11 is 9.02. The Morgan fingerprint density at radius 1 is 1.17 bits per heavy atom. The lowest BCUT2D eigenvalue weighted by molar-refractivity contribution is 0.104. The number of carbonyl (C=O) groups is 1. The molecule has 0 radical (unpaired) electrons. The smallest absolute Gasteiger partial charge is 0.193 e. The van der Waals surface area contributed by atoms with E-state index in [2.05, 4.69) is 15.9 Å². The first-order valence-corrected chi connectivity index (χ1v) is 7.76. The fraction of sp³-hybridized carbons (Fsp3) is 0.118. The average Bonchev–Trinajstić information content (AvgIpc) is 2.56. The number of phenols is 1. The monoisotopic (exact) mass is 396 g/mol. The molecule has 0 fully saturated rings. The summed E-state index contributed by atoms with van der Waals surface area (Å²) in [5.41, 5.74) is 0.874. The van der Waals surface area contributed by atoms with E-state index in [4.69, 9.17) is 21.1 Å². The predicted molar refractivity (Wildman–Crippen MR) is 93.7 cm³/mol. The Morgan fingerprint density at radius 2 is 1.78 bits per heavy atom. The molecule has 120 valence electrons. The maximum Gasteiger partial charge on any atom is 0.193 e. The van der Waals surface area contributed by atoms with E-state index in [1.165, 1.54) is 26.4 Å². The van der Waals surface area contributed by atoms with Crippen molar-refractivity contribution in [2.45, 2.75) is 0 Å². The van der Waals surface area contributed by atoms with Crippen molar-refractivity contribution in [1.82, 2.24) is 0 Å². The van der Waals surface area contributed by atoms with E-state index in [1.54, 1.807) is 30.3 Å². The van der Waals surface area contributed by atoms with Crippen LogP contribution in [0.5, 0.6) is 17.2 Å². The highest BCUT2D eigenvalue weighted by Gasteiger charge is 2.21. The van der Waals surface area contributed by atoms with E-state index in [0.29, 0.717) is 15.2 Å². The van der Waals surface area contributed by atoms with Crippen LogP contribution < -0.4 is 9.47 Å². The van der Waals surface area contributed by atoms with Gasteiger partial charge in [-0.2, -0.15) is 0 Å². The zero-order valence-electron chi connectivity index (χ0n) is 12.5. The van der Waals surface area contributed by atoms with Crippen molar-refractivity contribution in [3.8, 4) is 17.2 Å². The third kappa shape index (κ3) is 3.86. The van der Waals surface area contributed by atoms with Crippen LogP contribution in [0.3, 0.4) is 0 Å². The van der Waals surface area contributed by atoms with Crippen LogP contribution in [-0.4, -0.2) is 25.1 Å². The van der Waals surface area contributed by atoms with Crippen LogP contribution in [0, 0.1) is 0 Å². The molecule has 0 aliphatic rings. The minimum Gasteiger partial charge on any atom is -0.506 e. The number of ketones is 1. The molecule has 0 spiro atoms. The summed E-state index contributed by atoms with van der Waals surface area (Å²) in [6.45, 7) is 0. The van der Waals surface area contributed by atoms with Crippen molar-refractivity contribution in [3.63, 3.8) is 0 Å². The molecule has 1 N–H and O–H groups in total. The van der Waals surface area contributed by atoms with E-state index < -0.39 is 5.78 Å². The molecule has 0 aliphatic heterocycles. The summed E-state index contributed by atoms with van der Waals surface area (Å²) < 4.78 is 10.6. The van der Waals surface area contributed by atoms with Gasteiger partial charge in [-0.1, -0.05) is 29.8 Å². The highest BCUT2D eigenvalue weighted by Crippen LogP contribution is 2.42. The summed E-state index contributed by atoms with van der Waals surface area (Å²) in [5, 5.41) is 10.9. The molecule has 0 saturated heterocycles. The van der Waals surface area contributed by atoms with E-state index in [0.717, 1.165) is 5.56 Å². The molecule has 0 saturated carbocycles. The van der Waals surface area contributed by atoms with Crippen molar-refractivity contribution in [2.24, 2.45) is 0 Å². The van der Waals surface area contributed by atoms with Gasteiger partial charge in [0.05, 0.1) is 14.2 Å². The number of phenolic OH excluding ortho intramolecular Hbond substituents is 1. The predicted octanol–water partition coefficient (Wildman–Crippen LogP) is 4.72. The average molecular weight is 398 g/mol. The number of hydrogen-bond acceptors (Lipinski definition) is 4. The second-order valence-corrected chi connectivity index (χ2v) is 5.80. The second-order valence-electron chi connectivity index (χ2n) is 4.57. The first kappa shape index (κ1) is 17.4. The fourth-order valence-corrected chi connectivity index (χ4v) is 2.58. The van der Waals surface area contributed by atoms with Crippen molar-refractivity contribution < 1.29 is 19.4 Å². The van der Waals surface area contributed by atoms with Crippen LogP contribution in [-0.2, 0) is 0 Å². The van der Waals surface area contributed by atoms with Gasteiger partial charge in [0.15, 0.2) is 5.78 Å². The van der Waals surface area contributed by atoms with Crippen LogP contribution in [0.15, 0.2) is 40.9 Å². The molecule has 0 heterocycles. The lowest BCUT2D eigenvalue weighted by Gasteiger charge is -2.13. The Bertz CT molecular complexity index is 754. The van der Waals surface area contributed by atoms with Gasteiger partial charge in [-0.25, -0.2) is 0 Å². The molecule has 2 rings (SSSR count). The molecular formula is C17H14BrClO4. The van der Waals surface area contributed by atoms with Crippen molar-refractivity contribution in [3.05, 3.63) is 57.0 Å². The zero-order chi connectivity index (χ0) is 17.0. The largest absolute Gasteiger partial charge is 0.506 e. The minimum absolute atomic E-state index is 0.0605. The normalized spacial score (nSPS) is 10.8. The Morgan fingerprint density at radius 3 is 2.35 bits per heavy atom. The van der Waals surface area contributed by atoms with Gasteiger partial charge < -0.3 is 14.6 Å². The lowest BCUT2D eigenvalue weighted by Crippen LogP contribution is -2.01. The SMILES string of the molecule is COc1cc(OC)c(C(=O)/C=C/c2ccc(Cl)cc2)c(O)c1Br. The first-order valence-electron chi connectivity index (χ1n) is 6.59. The summed E-state index contributed by atoms with van der Waals surface area (Å²) in [6, 6.07) is 8.56. The van der Waals surface area contributed by atoms with Gasteiger partial charge in [-0.05, 0) is 39.7 Å². The molecule has 6 heteroatoms. The number of aromatic hydroxyl groups is 1. The number of halogens is 2. The van der Waals surface area contributed by atoms with Gasteiger partial charge in [0.1, 0.15) is 27.3 Å². The van der Waals surface area contributed by atoms with Gasteiger partial charge in [-0.3, -0.25) is 4.79 Å². The summed E-state index contributed by atoms with van der Waals surface area (Å²) in [5.74, 6) is -0.0181. The van der Waals surface area contributed by atoms with Crippen LogP contribution >= 0.6 is 27.5 Å². The number of rotatable bonds is 5. The molecule has 0 aliphatic carbocycles. The van der Waals surface area contributed by atoms with Crippen LogP contribution in [0.2, 0.25) is 5.02 Å². The van der Waals surface area contributed by atoms with Crippen molar-refractivity contribution >= 4 is 39.4 Å². The molecule has 0 aromatic heterocycles. The maximum absolute atomic E-state index is 12.4. The Balaban J connectivity index is 2.39. The molecule has 0 amide bonds. The number of ether oxygens (including phenoxy) is 2. The van der Waals surface area contributed by atoms with Crippen LogP contribution in [0.25, 0.3) is 6.08 Å². The summed E-state index contributed by atoms with van der Waals surface area (Å²) in [4.78, 5) is 12.4. The first-order chi connectivity index (χ1) is 11.0. The van der Waals surface area contributed by atoms with E-state index in [1.807, 2.05) is 0 Å². The molecule has 0 unspecified atom stereocenters. The quantitative estimate of drug-likeness (QED) is 0.586. The van der Waals surface area contributed by atoms with E-state index >= 15 is 0 Å². The molecule has 0 bridgehead atoms. The fourth-order valence-electron chi connectivity index (χ4n) is 1.97. The van der Waals surface area contributed by atoms with E-state index in [9.17, 15) is 9.90 Å². The highest BCUT2D eigenvalue weighted by molar-refractivity contribution is 9.10. The minimum atomic E-state index is -0.391. The van der Waals surface area contributed by atoms with Crippen LogP contribution in [0.4, 0.5) is 0 Å². The van der Waals surface area contributed by atoms with Crippen molar-refractivity contribution in [2.75, 3.05) is 14.2 Å². The number of methoxy groups -OCH3 is 2. The Labute approximate surface area is 147 Å².